The quantitative estimate of drug-likeness (QED) is 0.692. The lowest BCUT2D eigenvalue weighted by Crippen LogP contribution is -2.15. The highest BCUT2D eigenvalue weighted by molar-refractivity contribution is 5.10. The molecular formula is C11H16FNO. The maximum absolute atomic E-state index is 12.7. The van der Waals surface area contributed by atoms with Gasteiger partial charge in [-0.1, -0.05) is 19.9 Å². The van der Waals surface area contributed by atoms with E-state index < -0.39 is 5.95 Å². The van der Waals surface area contributed by atoms with Gasteiger partial charge in [-0.25, -0.2) is 0 Å². The average molecular weight is 197 g/mol. The maximum atomic E-state index is 12.7. The lowest BCUT2D eigenvalue weighted by Gasteiger charge is -2.15. The summed E-state index contributed by atoms with van der Waals surface area (Å²) in [6, 6.07) is 4.57. The van der Waals surface area contributed by atoms with Gasteiger partial charge in [0.2, 0.25) is 11.8 Å². The smallest absolute Gasteiger partial charge is 0.216 e. The maximum Gasteiger partial charge on any atom is 0.216 e. The van der Waals surface area contributed by atoms with Gasteiger partial charge in [-0.3, -0.25) is 0 Å². The van der Waals surface area contributed by atoms with Gasteiger partial charge in [0.1, 0.15) is 0 Å². The molecule has 1 atom stereocenters. The summed E-state index contributed by atoms with van der Waals surface area (Å²) in [5.41, 5.74) is 0. The number of halogens is 1. The Morgan fingerprint density at radius 2 is 2.07 bits per heavy atom. The summed E-state index contributed by atoms with van der Waals surface area (Å²) in [7, 11) is 0. The van der Waals surface area contributed by atoms with Crippen LogP contribution < -0.4 is 4.74 Å². The van der Waals surface area contributed by atoms with Crippen molar-refractivity contribution in [1.29, 1.82) is 0 Å². The lowest BCUT2D eigenvalue weighted by atomic mass is 10.1. The second-order valence-corrected chi connectivity index (χ2v) is 3.86. The van der Waals surface area contributed by atoms with Crippen LogP contribution in [-0.2, 0) is 0 Å². The molecule has 0 N–H and O–H groups in total. The number of aromatic nitrogens is 1. The minimum absolute atomic E-state index is 0.0734. The van der Waals surface area contributed by atoms with Crippen LogP contribution in [0.2, 0.25) is 0 Å². The molecule has 14 heavy (non-hydrogen) atoms. The van der Waals surface area contributed by atoms with Gasteiger partial charge >= 0.3 is 0 Å². The topological polar surface area (TPSA) is 22.1 Å². The summed E-state index contributed by atoms with van der Waals surface area (Å²) in [6.45, 7) is 6.21. The average Bonchev–Trinajstić information content (AvgIpc) is 2.01. The van der Waals surface area contributed by atoms with E-state index in [2.05, 4.69) is 18.8 Å². The van der Waals surface area contributed by atoms with Gasteiger partial charge in [-0.2, -0.15) is 9.37 Å². The zero-order valence-electron chi connectivity index (χ0n) is 8.83. The zero-order valence-corrected chi connectivity index (χ0v) is 8.83. The van der Waals surface area contributed by atoms with Crippen LogP contribution in [0.5, 0.6) is 5.88 Å². The van der Waals surface area contributed by atoms with Crippen molar-refractivity contribution >= 4 is 0 Å². The highest BCUT2D eigenvalue weighted by Gasteiger charge is 2.07. The molecule has 0 aliphatic rings. The fourth-order valence-electron chi connectivity index (χ4n) is 1.37. The minimum atomic E-state index is -0.501. The Kier molecular flexibility index (Phi) is 3.86. The van der Waals surface area contributed by atoms with E-state index in [1.54, 1.807) is 12.1 Å². The van der Waals surface area contributed by atoms with Gasteiger partial charge in [0.15, 0.2) is 0 Å². The summed E-state index contributed by atoms with van der Waals surface area (Å²) in [4.78, 5) is 3.63. The van der Waals surface area contributed by atoms with Crippen LogP contribution >= 0.6 is 0 Å². The summed E-state index contributed by atoms with van der Waals surface area (Å²) in [5, 5.41) is 0. The molecule has 1 rings (SSSR count). The van der Waals surface area contributed by atoms with Crippen LogP contribution in [0.4, 0.5) is 4.39 Å². The Bertz CT molecular complexity index is 288. The van der Waals surface area contributed by atoms with Gasteiger partial charge < -0.3 is 4.74 Å². The molecule has 2 nitrogen and oxygen atoms in total. The molecule has 0 radical (unpaired) electrons. The Labute approximate surface area is 84.1 Å². The van der Waals surface area contributed by atoms with Crippen LogP contribution in [0.25, 0.3) is 0 Å². The Morgan fingerprint density at radius 1 is 1.36 bits per heavy atom. The Hall–Kier alpha value is -1.12. The third-order valence-electron chi connectivity index (χ3n) is 1.81. The molecule has 0 bridgehead atoms. The van der Waals surface area contributed by atoms with Crippen LogP contribution in [0.15, 0.2) is 18.2 Å². The normalized spacial score (nSPS) is 12.9. The van der Waals surface area contributed by atoms with Gasteiger partial charge in [0.25, 0.3) is 0 Å². The fourth-order valence-corrected chi connectivity index (χ4v) is 1.37. The molecule has 3 heteroatoms. The van der Waals surface area contributed by atoms with E-state index in [1.165, 1.54) is 6.07 Å². The first-order chi connectivity index (χ1) is 6.58. The molecule has 0 aromatic carbocycles. The SMILES string of the molecule is CC(C)CC(C)Oc1cccc(F)n1. The first-order valence-corrected chi connectivity index (χ1v) is 4.87. The van der Waals surface area contributed by atoms with E-state index in [4.69, 9.17) is 4.74 Å². The van der Waals surface area contributed by atoms with Crippen molar-refractivity contribution in [3.05, 3.63) is 24.1 Å². The third kappa shape index (κ3) is 3.73. The van der Waals surface area contributed by atoms with Gasteiger partial charge in [-0.15, -0.1) is 0 Å². The molecule has 78 valence electrons. The second kappa shape index (κ2) is 4.94. The van der Waals surface area contributed by atoms with E-state index in [-0.39, 0.29) is 6.10 Å². The number of pyridine rings is 1. The summed E-state index contributed by atoms with van der Waals surface area (Å²) < 4.78 is 18.1. The molecule has 1 heterocycles. The van der Waals surface area contributed by atoms with E-state index in [9.17, 15) is 4.39 Å². The Morgan fingerprint density at radius 3 is 2.64 bits per heavy atom. The number of hydrogen-bond donors (Lipinski definition) is 0. The van der Waals surface area contributed by atoms with Crippen molar-refractivity contribution in [3.8, 4) is 5.88 Å². The van der Waals surface area contributed by atoms with E-state index in [1.807, 2.05) is 6.92 Å². The molecule has 0 aliphatic carbocycles. The molecular weight excluding hydrogens is 181 g/mol. The Balaban J connectivity index is 2.51. The van der Waals surface area contributed by atoms with Crippen molar-refractivity contribution in [3.63, 3.8) is 0 Å². The molecule has 0 saturated carbocycles. The number of ether oxygens (including phenoxy) is 1. The summed E-state index contributed by atoms with van der Waals surface area (Å²) in [6.07, 6.45) is 1.02. The van der Waals surface area contributed by atoms with Gasteiger partial charge in [-0.05, 0) is 25.3 Å². The highest BCUT2D eigenvalue weighted by atomic mass is 19.1. The van der Waals surface area contributed by atoms with E-state index in [0.29, 0.717) is 11.8 Å². The number of rotatable bonds is 4. The largest absolute Gasteiger partial charge is 0.475 e. The highest BCUT2D eigenvalue weighted by Crippen LogP contribution is 2.13. The first kappa shape index (κ1) is 11.0. The van der Waals surface area contributed by atoms with Crippen LogP contribution in [0.3, 0.4) is 0 Å². The molecule has 1 unspecified atom stereocenters. The predicted octanol–water partition coefficient (Wildman–Crippen LogP) is 3.03. The number of nitrogens with zero attached hydrogens (tertiary/aromatic N) is 1. The number of hydrogen-bond acceptors (Lipinski definition) is 2. The molecule has 1 aromatic rings. The standard InChI is InChI=1S/C11H16FNO/c1-8(2)7-9(3)14-11-6-4-5-10(12)13-11/h4-6,8-9H,7H2,1-3H3. The van der Waals surface area contributed by atoms with Crippen LogP contribution in [0.1, 0.15) is 27.2 Å². The minimum Gasteiger partial charge on any atom is -0.475 e. The van der Waals surface area contributed by atoms with Crippen LogP contribution in [0, 0.1) is 11.9 Å². The van der Waals surface area contributed by atoms with Gasteiger partial charge in [0.05, 0.1) is 6.10 Å². The molecule has 1 aromatic heterocycles. The van der Waals surface area contributed by atoms with E-state index in [0.717, 1.165) is 6.42 Å². The monoisotopic (exact) mass is 197 g/mol. The fraction of sp³-hybridized carbons (Fsp3) is 0.545. The third-order valence-corrected chi connectivity index (χ3v) is 1.81. The van der Waals surface area contributed by atoms with Crippen molar-refractivity contribution in [2.45, 2.75) is 33.3 Å². The zero-order chi connectivity index (χ0) is 10.6. The van der Waals surface area contributed by atoms with Crippen LogP contribution in [-0.4, -0.2) is 11.1 Å². The van der Waals surface area contributed by atoms with Crippen molar-refractivity contribution in [2.24, 2.45) is 5.92 Å². The molecule has 0 aliphatic heterocycles. The molecule has 0 fully saturated rings. The summed E-state index contributed by atoms with van der Waals surface area (Å²) in [5.74, 6) is 0.427. The van der Waals surface area contributed by atoms with Gasteiger partial charge in [0, 0.05) is 6.07 Å². The molecule has 0 saturated heterocycles. The van der Waals surface area contributed by atoms with Crippen molar-refractivity contribution in [1.82, 2.24) is 4.98 Å². The second-order valence-electron chi connectivity index (χ2n) is 3.86. The van der Waals surface area contributed by atoms with Crippen molar-refractivity contribution in [2.75, 3.05) is 0 Å². The molecule has 0 spiro atoms. The van der Waals surface area contributed by atoms with E-state index >= 15 is 0 Å². The van der Waals surface area contributed by atoms with Crippen molar-refractivity contribution < 1.29 is 9.13 Å². The predicted molar refractivity (Wildman–Crippen MR) is 53.7 cm³/mol. The lowest BCUT2D eigenvalue weighted by molar-refractivity contribution is 0.184. The first-order valence-electron chi connectivity index (χ1n) is 4.87. The molecule has 0 amide bonds. The summed E-state index contributed by atoms with van der Waals surface area (Å²) >= 11 is 0.